The standard InChI is InChI=1S/C27H23Cl4N3O3S/c1-17-12-19(34-38(35,36)21-10-6-3-7-11-21)14-20(13-17)37-16-27(32,15-18-8-4-2-5-9-18)22-23(28)25(30)33-26(31)24(22)29/h2-14,34H,15-16,32H2,1H3. The first kappa shape index (κ1) is 28.5. The molecule has 0 spiro atoms. The molecule has 1 unspecified atom stereocenters. The summed E-state index contributed by atoms with van der Waals surface area (Å²) in [4.78, 5) is 4.10. The summed E-state index contributed by atoms with van der Waals surface area (Å²) in [6.45, 7) is 1.73. The minimum atomic E-state index is -3.80. The Morgan fingerprint density at radius 2 is 1.47 bits per heavy atom. The van der Waals surface area contributed by atoms with Gasteiger partial charge in [-0.1, -0.05) is 94.9 Å². The lowest BCUT2D eigenvalue weighted by molar-refractivity contribution is 0.217. The first-order chi connectivity index (χ1) is 18.0. The number of hydrogen-bond acceptors (Lipinski definition) is 5. The van der Waals surface area contributed by atoms with Gasteiger partial charge in [-0.3, -0.25) is 4.72 Å². The third-order valence-corrected chi connectivity index (χ3v) is 8.58. The first-order valence-electron chi connectivity index (χ1n) is 11.3. The predicted molar refractivity (Wildman–Crippen MR) is 154 cm³/mol. The van der Waals surface area contributed by atoms with Gasteiger partial charge < -0.3 is 10.5 Å². The van der Waals surface area contributed by atoms with E-state index in [2.05, 4.69) is 9.71 Å². The summed E-state index contributed by atoms with van der Waals surface area (Å²) in [6, 6.07) is 22.6. The van der Waals surface area contributed by atoms with E-state index in [1.54, 1.807) is 36.4 Å². The number of sulfonamides is 1. The lowest BCUT2D eigenvalue weighted by atomic mass is 9.85. The maximum absolute atomic E-state index is 12.8. The summed E-state index contributed by atoms with van der Waals surface area (Å²) < 4.78 is 34.4. The molecular formula is C27H23Cl4N3O3S. The molecule has 0 aliphatic carbocycles. The Hall–Kier alpha value is -2.52. The molecule has 4 rings (SSSR count). The highest BCUT2D eigenvalue weighted by molar-refractivity contribution is 7.92. The quantitative estimate of drug-likeness (QED) is 0.194. The Kier molecular flexibility index (Phi) is 8.77. The molecule has 4 aromatic rings. The molecule has 0 saturated heterocycles. The van der Waals surface area contributed by atoms with Gasteiger partial charge in [0.15, 0.2) is 0 Å². The van der Waals surface area contributed by atoms with Crippen LogP contribution >= 0.6 is 46.4 Å². The van der Waals surface area contributed by atoms with Crippen LogP contribution in [0.4, 0.5) is 5.69 Å². The number of nitrogens with two attached hydrogens (primary N) is 1. The van der Waals surface area contributed by atoms with E-state index in [1.807, 2.05) is 37.3 Å². The molecule has 3 N–H and O–H groups in total. The SMILES string of the molecule is Cc1cc(NS(=O)(=O)c2ccccc2)cc(OCC(N)(Cc2ccccc2)c2c(Cl)c(Cl)nc(Cl)c2Cl)c1. The normalized spacial score (nSPS) is 13.1. The molecule has 0 aliphatic heterocycles. The van der Waals surface area contributed by atoms with Crippen LogP contribution in [0.3, 0.4) is 0 Å². The van der Waals surface area contributed by atoms with E-state index in [-0.39, 0.29) is 38.3 Å². The number of nitrogens with zero attached hydrogens (tertiary/aromatic N) is 1. The van der Waals surface area contributed by atoms with E-state index < -0.39 is 15.6 Å². The van der Waals surface area contributed by atoms with E-state index in [0.717, 1.165) is 11.1 Å². The Morgan fingerprint density at radius 3 is 2.08 bits per heavy atom. The number of benzene rings is 3. The van der Waals surface area contributed by atoms with Crippen molar-refractivity contribution in [2.45, 2.75) is 23.8 Å². The fourth-order valence-corrected chi connectivity index (χ4v) is 6.17. The first-order valence-corrected chi connectivity index (χ1v) is 14.3. The summed E-state index contributed by atoms with van der Waals surface area (Å²) in [5.74, 6) is 0.386. The van der Waals surface area contributed by atoms with E-state index in [9.17, 15) is 8.42 Å². The molecule has 1 heterocycles. The van der Waals surface area contributed by atoms with Gasteiger partial charge in [-0.05, 0) is 48.7 Å². The zero-order chi connectivity index (χ0) is 27.5. The Bertz CT molecular complexity index is 1530. The fraction of sp³-hybridized carbons (Fsp3) is 0.148. The van der Waals surface area contributed by atoms with Crippen LogP contribution in [0.25, 0.3) is 0 Å². The van der Waals surface area contributed by atoms with Gasteiger partial charge in [0.25, 0.3) is 10.0 Å². The molecule has 0 aliphatic rings. The minimum Gasteiger partial charge on any atom is -0.491 e. The maximum atomic E-state index is 12.8. The molecule has 0 saturated carbocycles. The highest BCUT2D eigenvalue weighted by atomic mass is 35.5. The van der Waals surface area contributed by atoms with Gasteiger partial charge in [-0.2, -0.15) is 0 Å². The molecule has 11 heteroatoms. The van der Waals surface area contributed by atoms with Gasteiger partial charge in [0, 0.05) is 11.6 Å². The zero-order valence-corrected chi connectivity index (χ0v) is 23.9. The highest BCUT2D eigenvalue weighted by Gasteiger charge is 2.36. The monoisotopic (exact) mass is 609 g/mol. The van der Waals surface area contributed by atoms with E-state index >= 15 is 0 Å². The molecule has 1 aromatic heterocycles. The second-order valence-corrected chi connectivity index (χ2v) is 11.9. The maximum Gasteiger partial charge on any atom is 0.261 e. The van der Waals surface area contributed by atoms with Gasteiger partial charge in [-0.15, -0.1) is 0 Å². The lowest BCUT2D eigenvalue weighted by Gasteiger charge is -2.32. The number of aryl methyl sites for hydroxylation is 1. The summed E-state index contributed by atoms with van der Waals surface area (Å²) in [5.41, 5.74) is 7.96. The molecule has 0 fully saturated rings. The fourth-order valence-electron chi connectivity index (χ4n) is 4.01. The summed E-state index contributed by atoms with van der Waals surface area (Å²) in [7, 11) is -3.80. The van der Waals surface area contributed by atoms with Crippen LogP contribution in [0.15, 0.2) is 83.8 Å². The number of nitrogens with one attached hydrogen (secondary N) is 1. The van der Waals surface area contributed by atoms with Crippen LogP contribution in [-0.2, 0) is 22.0 Å². The molecule has 6 nitrogen and oxygen atoms in total. The van der Waals surface area contributed by atoms with E-state index in [1.165, 1.54) is 12.1 Å². The van der Waals surface area contributed by atoms with E-state index in [4.69, 9.17) is 56.9 Å². The van der Waals surface area contributed by atoms with Crippen molar-refractivity contribution in [3.63, 3.8) is 0 Å². The number of ether oxygens (including phenoxy) is 1. The smallest absolute Gasteiger partial charge is 0.261 e. The van der Waals surface area contributed by atoms with Crippen molar-refractivity contribution >= 4 is 62.1 Å². The third-order valence-electron chi connectivity index (χ3n) is 5.71. The van der Waals surface area contributed by atoms with Crippen molar-refractivity contribution in [2.24, 2.45) is 5.73 Å². The number of halogens is 4. The van der Waals surface area contributed by atoms with Crippen LogP contribution in [0.1, 0.15) is 16.7 Å². The number of rotatable bonds is 9. The van der Waals surface area contributed by atoms with Gasteiger partial charge in [0.1, 0.15) is 22.7 Å². The Labute approximate surface area is 241 Å². The van der Waals surface area contributed by atoms with Crippen molar-refractivity contribution < 1.29 is 13.2 Å². The van der Waals surface area contributed by atoms with E-state index in [0.29, 0.717) is 17.0 Å². The number of hydrogen-bond donors (Lipinski definition) is 2. The number of aromatic nitrogens is 1. The average molecular weight is 611 g/mol. The molecule has 38 heavy (non-hydrogen) atoms. The molecule has 1 atom stereocenters. The second kappa shape index (κ2) is 11.7. The Balaban J connectivity index is 1.67. The van der Waals surface area contributed by atoms with Gasteiger partial charge in [0.2, 0.25) is 0 Å². The van der Waals surface area contributed by atoms with Crippen molar-refractivity contribution in [3.05, 3.63) is 116 Å². The predicted octanol–water partition coefficient (Wildman–Crippen LogP) is 7.28. The van der Waals surface area contributed by atoms with Crippen molar-refractivity contribution in [3.8, 4) is 5.75 Å². The van der Waals surface area contributed by atoms with Gasteiger partial charge >= 0.3 is 0 Å². The number of anilines is 1. The minimum absolute atomic E-state index is 0.0351. The van der Waals surface area contributed by atoms with Gasteiger partial charge in [-0.25, -0.2) is 13.4 Å². The van der Waals surface area contributed by atoms with Crippen LogP contribution in [-0.4, -0.2) is 20.0 Å². The van der Waals surface area contributed by atoms with Gasteiger partial charge in [0.05, 0.1) is 26.2 Å². The summed E-state index contributed by atoms with van der Waals surface area (Å²) >= 11 is 25.5. The van der Waals surface area contributed by atoms with Crippen LogP contribution in [0, 0.1) is 6.92 Å². The number of pyridine rings is 1. The largest absolute Gasteiger partial charge is 0.491 e. The third kappa shape index (κ3) is 6.54. The summed E-state index contributed by atoms with van der Waals surface area (Å²) in [5, 5.41) is 0.0755. The molecule has 198 valence electrons. The molecule has 0 bridgehead atoms. The van der Waals surface area contributed by atoms with Crippen molar-refractivity contribution in [1.82, 2.24) is 4.98 Å². The zero-order valence-electron chi connectivity index (χ0n) is 20.1. The lowest BCUT2D eigenvalue weighted by Crippen LogP contribution is -2.45. The van der Waals surface area contributed by atoms with Crippen LogP contribution in [0.5, 0.6) is 5.75 Å². The van der Waals surface area contributed by atoms with Crippen LogP contribution < -0.4 is 15.2 Å². The average Bonchev–Trinajstić information content (AvgIpc) is 2.87. The topological polar surface area (TPSA) is 94.3 Å². The van der Waals surface area contributed by atoms with Crippen molar-refractivity contribution in [1.29, 1.82) is 0 Å². The molecular weight excluding hydrogens is 588 g/mol. The Morgan fingerprint density at radius 1 is 0.895 bits per heavy atom. The molecule has 0 amide bonds. The summed E-state index contributed by atoms with van der Waals surface area (Å²) in [6.07, 6.45) is 0.281. The van der Waals surface area contributed by atoms with Crippen LogP contribution in [0.2, 0.25) is 20.4 Å². The molecule has 0 radical (unpaired) electrons. The molecule has 3 aromatic carbocycles. The van der Waals surface area contributed by atoms with Crippen molar-refractivity contribution in [2.75, 3.05) is 11.3 Å². The highest BCUT2D eigenvalue weighted by Crippen LogP contribution is 2.41. The second-order valence-electron chi connectivity index (χ2n) is 8.76.